The Bertz CT molecular complexity index is 787. The first-order chi connectivity index (χ1) is 12.2. The van der Waals surface area contributed by atoms with Crippen LogP contribution in [0.4, 0.5) is 11.4 Å². The standard InChI is InChI=1S/C20H20N2O3/c23-19(12-13-25-16-6-2-1-3-7-16)21-14-20(24)22(15-10-11-15)18-9-5-4-8-17(18)21/h1-9,15H,10-14H2. The predicted octanol–water partition coefficient (Wildman–Crippen LogP) is 3.00. The van der Waals surface area contributed by atoms with Crippen molar-refractivity contribution >= 4 is 23.2 Å². The van der Waals surface area contributed by atoms with E-state index < -0.39 is 0 Å². The number of carbonyl (C=O) groups is 2. The highest BCUT2D eigenvalue weighted by Crippen LogP contribution is 2.40. The van der Waals surface area contributed by atoms with Gasteiger partial charge in [0.15, 0.2) is 0 Å². The summed E-state index contributed by atoms with van der Waals surface area (Å²) in [7, 11) is 0. The Morgan fingerprint density at radius 2 is 1.68 bits per heavy atom. The number of carbonyl (C=O) groups excluding carboxylic acids is 2. The molecule has 2 amide bonds. The summed E-state index contributed by atoms with van der Waals surface area (Å²) >= 11 is 0. The first-order valence-electron chi connectivity index (χ1n) is 8.63. The molecule has 1 saturated carbocycles. The smallest absolute Gasteiger partial charge is 0.247 e. The second kappa shape index (κ2) is 6.59. The summed E-state index contributed by atoms with van der Waals surface area (Å²) in [5, 5.41) is 0. The lowest BCUT2D eigenvalue weighted by Crippen LogP contribution is -2.49. The summed E-state index contributed by atoms with van der Waals surface area (Å²) < 4.78 is 5.61. The van der Waals surface area contributed by atoms with Gasteiger partial charge in [0.05, 0.1) is 24.4 Å². The maximum absolute atomic E-state index is 12.7. The van der Waals surface area contributed by atoms with E-state index in [1.807, 2.05) is 59.5 Å². The van der Waals surface area contributed by atoms with Gasteiger partial charge in [0.1, 0.15) is 12.3 Å². The molecule has 1 aliphatic heterocycles. The molecule has 4 rings (SSSR count). The van der Waals surface area contributed by atoms with E-state index >= 15 is 0 Å². The largest absolute Gasteiger partial charge is 0.493 e. The third-order valence-corrected chi connectivity index (χ3v) is 4.54. The van der Waals surface area contributed by atoms with Crippen molar-refractivity contribution in [3.8, 4) is 5.75 Å². The number of hydrogen-bond acceptors (Lipinski definition) is 3. The van der Waals surface area contributed by atoms with Crippen molar-refractivity contribution in [2.24, 2.45) is 0 Å². The van der Waals surface area contributed by atoms with E-state index in [4.69, 9.17) is 4.74 Å². The molecule has 5 heteroatoms. The number of fused-ring (bicyclic) bond motifs is 1. The average molecular weight is 336 g/mol. The normalized spacial score (nSPS) is 16.6. The molecule has 0 saturated heterocycles. The lowest BCUT2D eigenvalue weighted by molar-refractivity contribution is -0.123. The van der Waals surface area contributed by atoms with E-state index in [1.54, 1.807) is 4.90 Å². The highest BCUT2D eigenvalue weighted by atomic mass is 16.5. The highest BCUT2D eigenvalue weighted by molar-refractivity contribution is 6.11. The molecule has 0 N–H and O–H groups in total. The molecule has 128 valence electrons. The summed E-state index contributed by atoms with van der Waals surface area (Å²) in [6.07, 6.45) is 2.32. The van der Waals surface area contributed by atoms with Gasteiger partial charge in [0, 0.05) is 6.04 Å². The van der Waals surface area contributed by atoms with Gasteiger partial charge in [-0.2, -0.15) is 0 Å². The Labute approximate surface area is 146 Å². The van der Waals surface area contributed by atoms with Crippen molar-refractivity contribution in [3.05, 3.63) is 54.6 Å². The van der Waals surface area contributed by atoms with Crippen LogP contribution >= 0.6 is 0 Å². The number of benzene rings is 2. The number of rotatable bonds is 5. The molecule has 0 radical (unpaired) electrons. The first kappa shape index (κ1) is 15.7. The number of amides is 2. The number of nitrogens with zero attached hydrogens (tertiary/aromatic N) is 2. The molecular formula is C20H20N2O3. The zero-order valence-corrected chi connectivity index (χ0v) is 13.9. The molecule has 1 fully saturated rings. The van der Waals surface area contributed by atoms with Crippen LogP contribution in [0.25, 0.3) is 0 Å². The van der Waals surface area contributed by atoms with Gasteiger partial charge in [-0.05, 0) is 37.1 Å². The fourth-order valence-electron chi connectivity index (χ4n) is 3.19. The molecule has 2 aromatic rings. The monoisotopic (exact) mass is 336 g/mol. The summed E-state index contributed by atoms with van der Waals surface area (Å²) in [5.74, 6) is 0.649. The van der Waals surface area contributed by atoms with Gasteiger partial charge in [0.2, 0.25) is 11.8 Å². The van der Waals surface area contributed by atoms with Crippen molar-refractivity contribution in [2.45, 2.75) is 25.3 Å². The van der Waals surface area contributed by atoms with E-state index in [0.717, 1.165) is 30.0 Å². The zero-order chi connectivity index (χ0) is 17.2. The van der Waals surface area contributed by atoms with Crippen LogP contribution < -0.4 is 14.5 Å². The van der Waals surface area contributed by atoms with Gasteiger partial charge in [-0.15, -0.1) is 0 Å². The van der Waals surface area contributed by atoms with Crippen LogP contribution in [0, 0.1) is 0 Å². The molecule has 0 atom stereocenters. The Hall–Kier alpha value is -2.82. The number of hydrogen-bond donors (Lipinski definition) is 0. The van der Waals surface area contributed by atoms with Crippen molar-refractivity contribution in [2.75, 3.05) is 23.0 Å². The summed E-state index contributed by atoms with van der Waals surface area (Å²) in [4.78, 5) is 28.7. The van der Waals surface area contributed by atoms with Gasteiger partial charge in [-0.1, -0.05) is 30.3 Å². The molecule has 2 aromatic carbocycles. The van der Waals surface area contributed by atoms with Crippen molar-refractivity contribution < 1.29 is 14.3 Å². The van der Waals surface area contributed by atoms with E-state index in [-0.39, 0.29) is 24.8 Å². The molecule has 5 nitrogen and oxygen atoms in total. The van der Waals surface area contributed by atoms with Gasteiger partial charge in [0.25, 0.3) is 0 Å². The molecule has 0 spiro atoms. The van der Waals surface area contributed by atoms with Crippen LogP contribution in [0.15, 0.2) is 54.6 Å². The van der Waals surface area contributed by atoms with Gasteiger partial charge in [-0.25, -0.2) is 0 Å². The van der Waals surface area contributed by atoms with E-state index in [0.29, 0.717) is 12.6 Å². The molecule has 0 aromatic heterocycles. The van der Waals surface area contributed by atoms with E-state index in [9.17, 15) is 9.59 Å². The van der Waals surface area contributed by atoms with Gasteiger partial charge in [-0.3, -0.25) is 9.59 Å². The maximum Gasteiger partial charge on any atom is 0.247 e. The fourth-order valence-corrected chi connectivity index (χ4v) is 3.19. The summed E-state index contributed by atoms with van der Waals surface area (Å²) in [6.45, 7) is 0.403. The molecule has 2 aliphatic rings. The molecular weight excluding hydrogens is 316 g/mol. The third kappa shape index (κ3) is 3.22. The van der Waals surface area contributed by atoms with Crippen molar-refractivity contribution in [3.63, 3.8) is 0 Å². The minimum Gasteiger partial charge on any atom is -0.493 e. The minimum absolute atomic E-state index is 0.00136. The topological polar surface area (TPSA) is 49.9 Å². The summed E-state index contributed by atoms with van der Waals surface area (Å²) in [6, 6.07) is 17.4. The predicted molar refractivity (Wildman–Crippen MR) is 95.9 cm³/mol. The number of anilines is 2. The highest BCUT2D eigenvalue weighted by Gasteiger charge is 2.40. The molecule has 0 unspecified atom stereocenters. The lowest BCUT2D eigenvalue weighted by Gasteiger charge is -2.36. The Morgan fingerprint density at radius 3 is 2.40 bits per heavy atom. The van der Waals surface area contributed by atoms with Crippen LogP contribution in [-0.2, 0) is 9.59 Å². The Balaban J connectivity index is 1.47. The molecule has 0 bridgehead atoms. The third-order valence-electron chi connectivity index (χ3n) is 4.54. The molecule has 1 aliphatic carbocycles. The van der Waals surface area contributed by atoms with E-state index in [1.165, 1.54) is 0 Å². The second-order valence-electron chi connectivity index (χ2n) is 6.38. The minimum atomic E-state index is -0.0906. The van der Waals surface area contributed by atoms with Gasteiger partial charge >= 0.3 is 0 Å². The Kier molecular flexibility index (Phi) is 4.14. The van der Waals surface area contributed by atoms with Crippen molar-refractivity contribution in [1.82, 2.24) is 0 Å². The van der Waals surface area contributed by atoms with Crippen molar-refractivity contribution in [1.29, 1.82) is 0 Å². The first-order valence-corrected chi connectivity index (χ1v) is 8.63. The van der Waals surface area contributed by atoms with Crippen LogP contribution in [0.2, 0.25) is 0 Å². The second-order valence-corrected chi connectivity index (χ2v) is 6.38. The molecule has 1 heterocycles. The summed E-state index contributed by atoms with van der Waals surface area (Å²) in [5.41, 5.74) is 1.66. The number of para-hydroxylation sites is 3. The maximum atomic E-state index is 12.7. The van der Waals surface area contributed by atoms with Crippen LogP contribution in [-0.4, -0.2) is 31.0 Å². The lowest BCUT2D eigenvalue weighted by atomic mass is 10.1. The SMILES string of the molecule is O=C(CCOc1ccccc1)N1CC(=O)N(C2CC2)c2ccccc21. The zero-order valence-electron chi connectivity index (χ0n) is 13.9. The molecule has 25 heavy (non-hydrogen) atoms. The van der Waals surface area contributed by atoms with Gasteiger partial charge < -0.3 is 14.5 Å². The fraction of sp³-hybridized carbons (Fsp3) is 0.300. The average Bonchev–Trinajstić information content (AvgIpc) is 3.46. The Morgan fingerprint density at radius 1 is 1.00 bits per heavy atom. The van der Waals surface area contributed by atoms with Crippen LogP contribution in [0.1, 0.15) is 19.3 Å². The number of ether oxygens (including phenoxy) is 1. The van der Waals surface area contributed by atoms with Crippen LogP contribution in [0.5, 0.6) is 5.75 Å². The quantitative estimate of drug-likeness (QED) is 0.843. The van der Waals surface area contributed by atoms with E-state index in [2.05, 4.69) is 0 Å². The van der Waals surface area contributed by atoms with Crippen LogP contribution in [0.3, 0.4) is 0 Å².